The number of sulfonamides is 1. The second-order valence-corrected chi connectivity index (χ2v) is 10.0. The molecule has 1 saturated heterocycles. The Morgan fingerprint density at radius 1 is 0.941 bits per heavy atom. The van der Waals surface area contributed by atoms with Gasteiger partial charge in [0.25, 0.3) is 15.9 Å². The predicted molar refractivity (Wildman–Crippen MR) is 132 cm³/mol. The minimum Gasteiger partial charge on any atom is -0.379 e. The standard InChI is InChI=1S/C26H29N3O4S/c1-20-7-9-21(10-8-20)25(19-29-15-17-33-18-16-29)27-26(30)22-11-13-23(14-12-22)28-34(31,32)24-5-3-2-4-6-24/h2-14,25,28H,15-19H2,1H3,(H,27,30)/t25-/m1/s1. The number of hydrogen-bond donors (Lipinski definition) is 2. The van der Waals surface area contributed by atoms with Gasteiger partial charge in [0, 0.05) is 30.9 Å². The van der Waals surface area contributed by atoms with E-state index in [1.807, 2.05) is 31.2 Å². The number of rotatable bonds is 8. The second kappa shape index (κ2) is 10.8. The average molecular weight is 480 g/mol. The number of nitrogens with one attached hydrogen (secondary N) is 2. The molecule has 0 radical (unpaired) electrons. The lowest BCUT2D eigenvalue weighted by Crippen LogP contribution is -2.43. The van der Waals surface area contributed by atoms with Gasteiger partial charge in [-0.3, -0.25) is 14.4 Å². The number of carbonyl (C=O) groups is 1. The van der Waals surface area contributed by atoms with Crippen LogP contribution >= 0.6 is 0 Å². The molecule has 2 N–H and O–H groups in total. The van der Waals surface area contributed by atoms with Crippen molar-refractivity contribution in [3.8, 4) is 0 Å². The van der Waals surface area contributed by atoms with E-state index >= 15 is 0 Å². The van der Waals surface area contributed by atoms with Gasteiger partial charge in [-0.15, -0.1) is 0 Å². The van der Waals surface area contributed by atoms with Gasteiger partial charge in [-0.1, -0.05) is 48.0 Å². The van der Waals surface area contributed by atoms with E-state index in [-0.39, 0.29) is 16.8 Å². The molecule has 0 aromatic heterocycles. The van der Waals surface area contributed by atoms with Crippen LogP contribution in [0.1, 0.15) is 27.5 Å². The minimum absolute atomic E-state index is 0.178. The van der Waals surface area contributed by atoms with E-state index in [2.05, 4.69) is 14.9 Å². The SMILES string of the molecule is Cc1ccc([C@@H](CN2CCOCC2)NC(=O)c2ccc(NS(=O)(=O)c3ccccc3)cc2)cc1. The highest BCUT2D eigenvalue weighted by atomic mass is 32.2. The van der Waals surface area contributed by atoms with Gasteiger partial charge < -0.3 is 10.1 Å². The van der Waals surface area contributed by atoms with Crippen LogP contribution in [0.15, 0.2) is 83.8 Å². The van der Waals surface area contributed by atoms with Gasteiger partial charge in [-0.05, 0) is 48.9 Å². The molecule has 1 amide bonds. The zero-order chi connectivity index (χ0) is 24.0. The van der Waals surface area contributed by atoms with E-state index in [9.17, 15) is 13.2 Å². The summed E-state index contributed by atoms with van der Waals surface area (Å²) >= 11 is 0. The number of morpholine rings is 1. The van der Waals surface area contributed by atoms with Crippen molar-refractivity contribution < 1.29 is 17.9 Å². The molecule has 3 aromatic carbocycles. The minimum atomic E-state index is -3.69. The molecule has 1 aliphatic rings. The second-order valence-electron chi connectivity index (χ2n) is 8.35. The summed E-state index contributed by atoms with van der Waals surface area (Å²) in [5.41, 5.74) is 3.05. The maximum Gasteiger partial charge on any atom is 0.261 e. The molecule has 0 unspecified atom stereocenters. The lowest BCUT2D eigenvalue weighted by Gasteiger charge is -2.31. The van der Waals surface area contributed by atoms with Crippen molar-refractivity contribution in [2.45, 2.75) is 17.9 Å². The number of aryl methyl sites for hydroxylation is 1. The number of ether oxygens (including phenoxy) is 1. The number of benzene rings is 3. The molecule has 1 heterocycles. The third-order valence-corrected chi connectivity index (χ3v) is 7.18. The summed E-state index contributed by atoms with van der Waals surface area (Å²) < 4.78 is 33.1. The number of nitrogens with zero attached hydrogens (tertiary/aromatic N) is 1. The van der Waals surface area contributed by atoms with Crippen LogP contribution in [-0.2, 0) is 14.8 Å². The van der Waals surface area contributed by atoms with Crippen molar-refractivity contribution in [3.05, 3.63) is 95.6 Å². The third-order valence-electron chi connectivity index (χ3n) is 5.78. The Hall–Kier alpha value is -3.20. The van der Waals surface area contributed by atoms with Gasteiger partial charge >= 0.3 is 0 Å². The number of amides is 1. The smallest absolute Gasteiger partial charge is 0.261 e. The monoisotopic (exact) mass is 479 g/mol. The molecule has 0 saturated carbocycles. The Balaban J connectivity index is 1.46. The zero-order valence-corrected chi connectivity index (χ0v) is 19.9. The zero-order valence-electron chi connectivity index (χ0n) is 19.1. The first-order valence-electron chi connectivity index (χ1n) is 11.3. The Bertz CT molecular complexity index is 1190. The molecule has 1 atom stereocenters. The van der Waals surface area contributed by atoms with Crippen LogP contribution in [0.2, 0.25) is 0 Å². The number of hydrogen-bond acceptors (Lipinski definition) is 5. The van der Waals surface area contributed by atoms with E-state index in [0.29, 0.717) is 31.0 Å². The fraction of sp³-hybridized carbons (Fsp3) is 0.269. The fourth-order valence-corrected chi connectivity index (χ4v) is 4.90. The molecule has 8 heteroatoms. The Morgan fingerprint density at radius 3 is 2.24 bits per heavy atom. The quantitative estimate of drug-likeness (QED) is 0.516. The van der Waals surface area contributed by atoms with Crippen LogP contribution in [-0.4, -0.2) is 52.1 Å². The Morgan fingerprint density at radius 2 is 1.59 bits per heavy atom. The molecule has 0 aliphatic carbocycles. The van der Waals surface area contributed by atoms with Crippen LogP contribution in [0.5, 0.6) is 0 Å². The number of carbonyl (C=O) groups excluding carboxylic acids is 1. The maximum absolute atomic E-state index is 13.1. The van der Waals surface area contributed by atoms with Gasteiger partial charge in [-0.25, -0.2) is 8.42 Å². The summed E-state index contributed by atoms with van der Waals surface area (Å²) in [4.78, 5) is 15.5. The van der Waals surface area contributed by atoms with Gasteiger partial charge in [-0.2, -0.15) is 0 Å². The predicted octanol–water partition coefficient (Wildman–Crippen LogP) is 3.60. The topological polar surface area (TPSA) is 87.7 Å². The lowest BCUT2D eigenvalue weighted by molar-refractivity contribution is 0.0332. The molecular weight excluding hydrogens is 450 g/mol. The van der Waals surface area contributed by atoms with Crippen molar-refractivity contribution in [1.82, 2.24) is 10.2 Å². The summed E-state index contributed by atoms with van der Waals surface area (Å²) in [6.45, 7) is 5.76. The summed E-state index contributed by atoms with van der Waals surface area (Å²) in [6, 6.07) is 22.6. The Labute approximate surface area is 200 Å². The van der Waals surface area contributed by atoms with E-state index in [0.717, 1.165) is 24.2 Å². The van der Waals surface area contributed by atoms with Crippen molar-refractivity contribution in [3.63, 3.8) is 0 Å². The summed E-state index contributed by atoms with van der Waals surface area (Å²) in [5, 5.41) is 3.15. The van der Waals surface area contributed by atoms with Crippen LogP contribution in [0.25, 0.3) is 0 Å². The first-order chi connectivity index (χ1) is 16.4. The molecule has 1 fully saturated rings. The molecule has 0 spiro atoms. The van der Waals surface area contributed by atoms with Gasteiger partial charge in [0.2, 0.25) is 0 Å². The van der Waals surface area contributed by atoms with E-state index in [1.165, 1.54) is 12.1 Å². The molecule has 0 bridgehead atoms. The lowest BCUT2D eigenvalue weighted by atomic mass is 10.0. The number of anilines is 1. The van der Waals surface area contributed by atoms with E-state index in [4.69, 9.17) is 4.74 Å². The molecular formula is C26H29N3O4S. The Kier molecular flexibility index (Phi) is 7.62. The molecule has 1 aliphatic heterocycles. The normalized spacial score (nSPS) is 15.4. The van der Waals surface area contributed by atoms with E-state index in [1.54, 1.807) is 42.5 Å². The van der Waals surface area contributed by atoms with Crippen molar-refractivity contribution in [1.29, 1.82) is 0 Å². The summed E-state index contributed by atoms with van der Waals surface area (Å²) in [7, 11) is -3.69. The highest BCUT2D eigenvalue weighted by Gasteiger charge is 2.21. The highest BCUT2D eigenvalue weighted by molar-refractivity contribution is 7.92. The summed E-state index contributed by atoms with van der Waals surface area (Å²) in [5.74, 6) is -0.212. The van der Waals surface area contributed by atoms with Crippen LogP contribution < -0.4 is 10.0 Å². The molecule has 34 heavy (non-hydrogen) atoms. The molecule has 178 valence electrons. The van der Waals surface area contributed by atoms with Crippen LogP contribution in [0.3, 0.4) is 0 Å². The molecule has 7 nitrogen and oxygen atoms in total. The van der Waals surface area contributed by atoms with E-state index < -0.39 is 10.0 Å². The highest BCUT2D eigenvalue weighted by Crippen LogP contribution is 2.19. The van der Waals surface area contributed by atoms with Gasteiger partial charge in [0.15, 0.2) is 0 Å². The fourth-order valence-electron chi connectivity index (χ4n) is 3.82. The third kappa shape index (κ3) is 6.22. The molecule has 4 rings (SSSR count). The van der Waals surface area contributed by atoms with Crippen molar-refractivity contribution in [2.24, 2.45) is 0 Å². The van der Waals surface area contributed by atoms with Gasteiger partial charge in [0.05, 0.1) is 24.2 Å². The van der Waals surface area contributed by atoms with Crippen LogP contribution in [0, 0.1) is 6.92 Å². The van der Waals surface area contributed by atoms with Crippen LogP contribution in [0.4, 0.5) is 5.69 Å². The van der Waals surface area contributed by atoms with Crippen molar-refractivity contribution in [2.75, 3.05) is 37.6 Å². The van der Waals surface area contributed by atoms with Gasteiger partial charge in [0.1, 0.15) is 0 Å². The maximum atomic E-state index is 13.1. The largest absolute Gasteiger partial charge is 0.379 e. The molecule has 3 aromatic rings. The first-order valence-corrected chi connectivity index (χ1v) is 12.7. The van der Waals surface area contributed by atoms with Crippen molar-refractivity contribution >= 4 is 21.6 Å². The first kappa shape index (κ1) is 23.9. The summed E-state index contributed by atoms with van der Waals surface area (Å²) in [6.07, 6.45) is 0. The average Bonchev–Trinajstić information content (AvgIpc) is 2.85.